The summed E-state index contributed by atoms with van der Waals surface area (Å²) in [6.45, 7) is 4.64. The number of rotatable bonds is 3. The normalized spacial score (nSPS) is 19.3. The third-order valence-corrected chi connectivity index (χ3v) is 6.43. The van der Waals surface area contributed by atoms with Gasteiger partial charge in [0.15, 0.2) is 0 Å². The minimum Gasteiger partial charge on any atom is -0.478 e. The third kappa shape index (κ3) is 3.33. The van der Waals surface area contributed by atoms with Crippen LogP contribution < -0.4 is 5.73 Å². The Bertz CT molecular complexity index is 671. The molecule has 3 N–H and O–H groups in total. The van der Waals surface area contributed by atoms with Gasteiger partial charge in [0.2, 0.25) is 10.0 Å². The molecular weight excluding hydrogens is 312 g/mol. The minimum absolute atomic E-state index is 0.199. The number of carboxylic acid groups (broad SMARTS) is 1. The first kappa shape index (κ1) is 16.1. The van der Waals surface area contributed by atoms with Crippen LogP contribution in [-0.4, -0.2) is 47.4 Å². The molecule has 0 spiro atoms. The second-order valence-electron chi connectivity index (χ2n) is 5.51. The molecule has 1 saturated heterocycles. The van der Waals surface area contributed by atoms with Gasteiger partial charge in [0.05, 0.1) is 10.5 Å². The predicted molar refractivity (Wildman–Crippen MR) is 83.1 cm³/mol. The van der Waals surface area contributed by atoms with Gasteiger partial charge < -0.3 is 10.8 Å². The molecule has 1 aromatic rings. The zero-order valence-corrected chi connectivity index (χ0v) is 13.5. The van der Waals surface area contributed by atoms with Crippen LogP contribution in [0.1, 0.15) is 24.2 Å². The molecule has 0 saturated carbocycles. The Balaban J connectivity index is 2.49. The molecule has 1 fully saturated rings. The molecule has 1 aliphatic heterocycles. The second kappa shape index (κ2) is 5.51. The van der Waals surface area contributed by atoms with Crippen LogP contribution in [0.25, 0.3) is 0 Å². The number of nitrogens with zero attached hydrogens (tertiary/aromatic N) is 1. The number of aromatic carboxylic acids is 1. The Hall–Kier alpha value is -1.25. The molecule has 0 bridgehead atoms. The van der Waals surface area contributed by atoms with E-state index >= 15 is 0 Å². The fraction of sp³-hybridized carbons (Fsp3) is 0.462. The highest BCUT2D eigenvalue weighted by Crippen LogP contribution is 2.33. The molecule has 8 heteroatoms. The Morgan fingerprint density at radius 1 is 1.43 bits per heavy atom. The monoisotopic (exact) mass is 330 g/mol. The maximum absolute atomic E-state index is 12.8. The van der Waals surface area contributed by atoms with Gasteiger partial charge in [-0.25, -0.2) is 13.2 Å². The molecule has 116 valence electrons. The number of benzene rings is 1. The van der Waals surface area contributed by atoms with E-state index in [9.17, 15) is 18.3 Å². The topological polar surface area (TPSA) is 101 Å². The van der Waals surface area contributed by atoms with Crippen LogP contribution in [0, 0.1) is 0 Å². The van der Waals surface area contributed by atoms with Gasteiger partial charge in [-0.3, -0.25) is 0 Å². The second-order valence-corrected chi connectivity index (χ2v) is 9.22. The quantitative estimate of drug-likeness (QED) is 0.814. The van der Waals surface area contributed by atoms with Crippen LogP contribution in [0.5, 0.6) is 0 Å². The van der Waals surface area contributed by atoms with Crippen molar-refractivity contribution in [3.05, 3.63) is 23.8 Å². The average molecular weight is 330 g/mol. The van der Waals surface area contributed by atoms with E-state index in [4.69, 9.17) is 5.73 Å². The zero-order valence-electron chi connectivity index (χ0n) is 11.9. The van der Waals surface area contributed by atoms with E-state index in [1.807, 2.05) is 13.8 Å². The fourth-order valence-electron chi connectivity index (χ4n) is 2.25. The van der Waals surface area contributed by atoms with E-state index in [-0.39, 0.29) is 20.9 Å². The van der Waals surface area contributed by atoms with Crippen LogP contribution in [0.2, 0.25) is 0 Å². The Labute approximate surface area is 128 Å². The number of anilines is 1. The van der Waals surface area contributed by atoms with Crippen molar-refractivity contribution in [1.29, 1.82) is 0 Å². The molecule has 2 rings (SSSR count). The highest BCUT2D eigenvalue weighted by Gasteiger charge is 2.36. The number of hydrogen-bond acceptors (Lipinski definition) is 5. The van der Waals surface area contributed by atoms with E-state index < -0.39 is 16.0 Å². The summed E-state index contributed by atoms with van der Waals surface area (Å²) in [7, 11) is -3.87. The lowest BCUT2D eigenvalue weighted by molar-refractivity contribution is 0.0692. The summed E-state index contributed by atoms with van der Waals surface area (Å²) in [4.78, 5) is 11.0. The number of carboxylic acids is 1. The summed E-state index contributed by atoms with van der Waals surface area (Å²) in [6, 6.07) is 3.83. The third-order valence-electron chi connectivity index (χ3n) is 3.24. The first-order valence-electron chi connectivity index (χ1n) is 6.40. The molecule has 0 amide bonds. The van der Waals surface area contributed by atoms with Crippen molar-refractivity contribution in [1.82, 2.24) is 4.31 Å². The van der Waals surface area contributed by atoms with Gasteiger partial charge in [0.1, 0.15) is 0 Å². The SMILES string of the molecule is CC1(C)CN(S(=O)(=O)c2cc(N)ccc2C(=O)O)CCS1. The first-order chi connectivity index (χ1) is 9.63. The fourth-order valence-corrected chi connectivity index (χ4v) is 5.38. The molecule has 6 nitrogen and oxygen atoms in total. The first-order valence-corrected chi connectivity index (χ1v) is 8.83. The molecule has 1 aromatic carbocycles. The van der Waals surface area contributed by atoms with E-state index in [0.717, 1.165) is 0 Å². The van der Waals surface area contributed by atoms with Gasteiger partial charge in [-0.2, -0.15) is 16.1 Å². The van der Waals surface area contributed by atoms with Crippen molar-refractivity contribution < 1.29 is 18.3 Å². The van der Waals surface area contributed by atoms with Crippen LogP contribution in [0.4, 0.5) is 5.69 Å². The van der Waals surface area contributed by atoms with E-state index in [1.54, 1.807) is 11.8 Å². The molecule has 21 heavy (non-hydrogen) atoms. The van der Waals surface area contributed by atoms with Crippen LogP contribution in [0.3, 0.4) is 0 Å². The smallest absolute Gasteiger partial charge is 0.337 e. The van der Waals surface area contributed by atoms with Crippen LogP contribution >= 0.6 is 11.8 Å². The number of nitrogens with two attached hydrogens (primary N) is 1. The largest absolute Gasteiger partial charge is 0.478 e. The summed E-state index contributed by atoms with van der Waals surface area (Å²) in [6.07, 6.45) is 0. The van der Waals surface area contributed by atoms with Gasteiger partial charge >= 0.3 is 5.97 Å². The zero-order chi connectivity index (χ0) is 15.8. The van der Waals surface area contributed by atoms with Crippen LogP contribution in [0.15, 0.2) is 23.1 Å². The summed E-state index contributed by atoms with van der Waals surface area (Å²) in [5.74, 6) is -0.601. The lowest BCUT2D eigenvalue weighted by Gasteiger charge is -2.36. The Morgan fingerprint density at radius 2 is 2.10 bits per heavy atom. The average Bonchev–Trinajstić information content (AvgIpc) is 2.37. The van der Waals surface area contributed by atoms with Gasteiger partial charge in [-0.15, -0.1) is 0 Å². The molecule has 0 unspecified atom stereocenters. The lowest BCUT2D eigenvalue weighted by atomic mass is 10.2. The summed E-state index contributed by atoms with van der Waals surface area (Å²) >= 11 is 1.70. The van der Waals surface area contributed by atoms with Crippen molar-refractivity contribution in [2.45, 2.75) is 23.5 Å². The molecule has 0 aliphatic carbocycles. The van der Waals surface area contributed by atoms with Crippen molar-refractivity contribution in [3.63, 3.8) is 0 Å². The van der Waals surface area contributed by atoms with Gasteiger partial charge in [0, 0.05) is 29.3 Å². The number of nitrogen functional groups attached to an aromatic ring is 1. The van der Waals surface area contributed by atoms with Gasteiger partial charge in [0.25, 0.3) is 0 Å². The maximum Gasteiger partial charge on any atom is 0.337 e. The number of sulfonamides is 1. The molecule has 1 aliphatic rings. The Kier molecular flexibility index (Phi) is 4.23. The molecule has 0 atom stereocenters. The molecule has 0 radical (unpaired) electrons. The van der Waals surface area contributed by atoms with Crippen molar-refractivity contribution in [2.24, 2.45) is 0 Å². The van der Waals surface area contributed by atoms with Gasteiger partial charge in [-0.1, -0.05) is 0 Å². The van der Waals surface area contributed by atoms with E-state index in [2.05, 4.69) is 0 Å². The van der Waals surface area contributed by atoms with Crippen molar-refractivity contribution in [3.8, 4) is 0 Å². The number of carbonyl (C=O) groups is 1. The molecule has 0 aromatic heterocycles. The van der Waals surface area contributed by atoms with Gasteiger partial charge in [-0.05, 0) is 32.0 Å². The lowest BCUT2D eigenvalue weighted by Crippen LogP contribution is -2.46. The number of thioether (sulfide) groups is 1. The Morgan fingerprint density at radius 3 is 2.67 bits per heavy atom. The van der Waals surface area contributed by atoms with Crippen LogP contribution in [-0.2, 0) is 10.0 Å². The molecular formula is C13H18N2O4S2. The van der Waals surface area contributed by atoms with E-state index in [0.29, 0.717) is 18.8 Å². The summed E-state index contributed by atoms with van der Waals surface area (Å²) < 4.78 is 26.6. The summed E-state index contributed by atoms with van der Waals surface area (Å²) in [5.41, 5.74) is 5.60. The minimum atomic E-state index is -3.87. The highest BCUT2D eigenvalue weighted by molar-refractivity contribution is 8.00. The predicted octanol–water partition coefficient (Wildman–Crippen LogP) is 1.48. The van der Waals surface area contributed by atoms with E-state index in [1.165, 1.54) is 22.5 Å². The van der Waals surface area contributed by atoms with Crippen molar-refractivity contribution in [2.75, 3.05) is 24.6 Å². The number of hydrogen-bond donors (Lipinski definition) is 2. The summed E-state index contributed by atoms with van der Waals surface area (Å²) in [5, 5.41) is 9.19. The standard InChI is InChI=1S/C13H18N2O4S2/c1-13(2)8-15(5-6-20-13)21(18,19)11-7-9(14)3-4-10(11)12(16)17/h3-4,7H,5-6,8,14H2,1-2H3,(H,16,17). The highest BCUT2D eigenvalue weighted by atomic mass is 32.2. The molecule has 1 heterocycles. The van der Waals surface area contributed by atoms with Crippen molar-refractivity contribution >= 4 is 33.4 Å². The maximum atomic E-state index is 12.8.